The van der Waals surface area contributed by atoms with Crippen LogP contribution in [0.15, 0.2) is 77.7 Å². The molecule has 0 radical (unpaired) electrons. The Morgan fingerprint density at radius 2 is 1.70 bits per heavy atom. The van der Waals surface area contributed by atoms with Gasteiger partial charge in [0, 0.05) is 32.1 Å². The van der Waals surface area contributed by atoms with Gasteiger partial charge in [0.05, 0.1) is 10.6 Å². The predicted octanol–water partition coefficient (Wildman–Crippen LogP) is 4.56. The molecule has 3 aromatic rings. The van der Waals surface area contributed by atoms with Crippen molar-refractivity contribution in [3.8, 4) is 0 Å². The predicted molar refractivity (Wildman–Crippen MR) is 127 cm³/mol. The zero-order valence-corrected chi connectivity index (χ0v) is 19.4. The van der Waals surface area contributed by atoms with Gasteiger partial charge in [0.2, 0.25) is 5.91 Å². The third-order valence-corrected chi connectivity index (χ3v) is 7.83. The Balaban J connectivity index is 1.39. The fourth-order valence-corrected chi connectivity index (χ4v) is 5.66. The van der Waals surface area contributed by atoms with Crippen LogP contribution in [0.25, 0.3) is 0 Å². The van der Waals surface area contributed by atoms with Gasteiger partial charge in [-0.1, -0.05) is 48.5 Å². The van der Waals surface area contributed by atoms with Gasteiger partial charge in [-0.15, -0.1) is 0 Å². The van der Waals surface area contributed by atoms with E-state index < -0.39 is 10.0 Å². The number of para-hydroxylation sites is 1. The summed E-state index contributed by atoms with van der Waals surface area (Å²) < 4.78 is 41.8. The average Bonchev–Trinajstić information content (AvgIpc) is 2.83. The number of anilines is 1. The van der Waals surface area contributed by atoms with Crippen LogP contribution in [0.5, 0.6) is 0 Å². The first-order valence-electron chi connectivity index (χ1n) is 11.0. The number of benzene rings is 3. The van der Waals surface area contributed by atoms with Crippen LogP contribution in [-0.4, -0.2) is 32.8 Å². The van der Waals surface area contributed by atoms with Gasteiger partial charge in [-0.2, -0.15) is 0 Å². The van der Waals surface area contributed by atoms with Crippen molar-refractivity contribution < 1.29 is 17.6 Å². The molecule has 7 heteroatoms. The number of fused-ring (bicyclic) bond motifs is 1. The minimum absolute atomic E-state index is 0.0973. The SMILES string of the molecule is CN(Cc1ccccc1F)C(=O)CCc1ccc(S(=O)(=O)N2CCCc3ccccc32)cc1. The van der Waals surface area contributed by atoms with Crippen LogP contribution in [0, 0.1) is 5.82 Å². The summed E-state index contributed by atoms with van der Waals surface area (Å²) in [7, 11) is -2.00. The molecule has 1 aliphatic rings. The zero-order chi connectivity index (χ0) is 23.4. The van der Waals surface area contributed by atoms with Gasteiger partial charge in [-0.3, -0.25) is 9.10 Å². The molecule has 4 rings (SSSR count). The standard InChI is InChI=1S/C26H27FN2O3S/c1-28(19-22-8-2-4-10-24(22)27)26(30)17-14-20-12-15-23(16-13-20)33(31,32)29-18-6-9-21-7-3-5-11-25(21)29/h2-5,7-8,10-13,15-16H,6,9,14,17-19H2,1H3. The molecule has 0 spiro atoms. The van der Waals surface area contributed by atoms with Gasteiger partial charge in [0.1, 0.15) is 5.82 Å². The van der Waals surface area contributed by atoms with Gasteiger partial charge in [0.15, 0.2) is 0 Å². The van der Waals surface area contributed by atoms with Crippen molar-refractivity contribution >= 4 is 21.6 Å². The Morgan fingerprint density at radius 3 is 2.45 bits per heavy atom. The molecule has 5 nitrogen and oxygen atoms in total. The van der Waals surface area contributed by atoms with E-state index in [9.17, 15) is 17.6 Å². The van der Waals surface area contributed by atoms with Crippen molar-refractivity contribution in [3.05, 3.63) is 95.3 Å². The first-order valence-corrected chi connectivity index (χ1v) is 12.5. The Bertz CT molecular complexity index is 1240. The maximum Gasteiger partial charge on any atom is 0.264 e. The molecule has 1 heterocycles. The second kappa shape index (κ2) is 9.75. The highest BCUT2D eigenvalue weighted by molar-refractivity contribution is 7.92. The summed E-state index contributed by atoms with van der Waals surface area (Å²) in [4.78, 5) is 14.2. The molecule has 1 amide bonds. The number of aryl methyl sites for hydroxylation is 2. The normalized spacial score (nSPS) is 13.5. The molecule has 0 N–H and O–H groups in total. The van der Waals surface area contributed by atoms with Crippen LogP contribution in [0.2, 0.25) is 0 Å². The first kappa shape index (κ1) is 23.0. The maximum absolute atomic E-state index is 13.8. The molecule has 0 aromatic heterocycles. The number of rotatable bonds is 7. The topological polar surface area (TPSA) is 57.7 Å². The third kappa shape index (κ3) is 5.09. The van der Waals surface area contributed by atoms with Crippen LogP contribution < -0.4 is 4.31 Å². The first-order chi connectivity index (χ1) is 15.9. The van der Waals surface area contributed by atoms with E-state index in [1.165, 1.54) is 15.3 Å². The Kier molecular flexibility index (Phi) is 6.79. The molecule has 0 bridgehead atoms. The zero-order valence-electron chi connectivity index (χ0n) is 18.6. The van der Waals surface area contributed by atoms with E-state index in [0.29, 0.717) is 18.5 Å². The second-order valence-electron chi connectivity index (χ2n) is 8.29. The molecule has 3 aromatic carbocycles. The highest BCUT2D eigenvalue weighted by atomic mass is 32.2. The van der Waals surface area contributed by atoms with Crippen LogP contribution >= 0.6 is 0 Å². The number of amides is 1. The number of hydrogen-bond donors (Lipinski definition) is 0. The Hall–Kier alpha value is -3.19. The number of hydrogen-bond acceptors (Lipinski definition) is 3. The van der Waals surface area contributed by atoms with Gasteiger partial charge < -0.3 is 4.90 Å². The number of halogens is 1. The van der Waals surface area contributed by atoms with Gasteiger partial charge >= 0.3 is 0 Å². The molecule has 0 aliphatic carbocycles. The molecule has 0 unspecified atom stereocenters. The summed E-state index contributed by atoms with van der Waals surface area (Å²) in [6.07, 6.45) is 2.40. The van der Waals surface area contributed by atoms with Gasteiger partial charge in [-0.05, 0) is 54.7 Å². The van der Waals surface area contributed by atoms with Crippen molar-refractivity contribution in [2.24, 2.45) is 0 Å². The lowest BCUT2D eigenvalue weighted by molar-refractivity contribution is -0.130. The highest BCUT2D eigenvalue weighted by Gasteiger charge is 2.28. The van der Waals surface area contributed by atoms with E-state index >= 15 is 0 Å². The van der Waals surface area contributed by atoms with Crippen LogP contribution in [0.1, 0.15) is 29.5 Å². The smallest absolute Gasteiger partial charge is 0.264 e. The van der Waals surface area contributed by atoms with E-state index in [-0.39, 0.29) is 29.6 Å². The lowest BCUT2D eigenvalue weighted by atomic mass is 10.0. The quantitative estimate of drug-likeness (QED) is 0.513. The monoisotopic (exact) mass is 466 g/mol. The van der Waals surface area contributed by atoms with Crippen LogP contribution in [0.3, 0.4) is 0 Å². The van der Waals surface area contributed by atoms with Crippen molar-refractivity contribution in [2.45, 2.75) is 37.1 Å². The molecule has 0 saturated heterocycles. The van der Waals surface area contributed by atoms with E-state index in [0.717, 1.165) is 29.7 Å². The minimum Gasteiger partial charge on any atom is -0.341 e. The molecular formula is C26H27FN2O3S. The van der Waals surface area contributed by atoms with E-state index in [1.54, 1.807) is 49.5 Å². The maximum atomic E-state index is 13.8. The lowest BCUT2D eigenvalue weighted by Crippen LogP contribution is -2.35. The fraction of sp³-hybridized carbons (Fsp3) is 0.269. The molecule has 0 saturated carbocycles. The van der Waals surface area contributed by atoms with Crippen molar-refractivity contribution in [1.29, 1.82) is 0 Å². The summed E-state index contributed by atoms with van der Waals surface area (Å²) in [5.41, 5.74) is 3.14. The number of nitrogens with zero attached hydrogens (tertiary/aromatic N) is 2. The second-order valence-corrected chi connectivity index (χ2v) is 10.2. The van der Waals surface area contributed by atoms with Crippen LogP contribution in [-0.2, 0) is 34.2 Å². The number of sulfonamides is 1. The minimum atomic E-state index is -3.65. The van der Waals surface area contributed by atoms with Crippen molar-refractivity contribution in [2.75, 3.05) is 17.9 Å². The Labute approximate surface area is 194 Å². The molecule has 0 fully saturated rings. The number of carbonyl (C=O) groups excluding carboxylic acids is 1. The summed E-state index contributed by atoms with van der Waals surface area (Å²) >= 11 is 0. The Morgan fingerprint density at radius 1 is 1.00 bits per heavy atom. The summed E-state index contributed by atoms with van der Waals surface area (Å²) in [5.74, 6) is -0.426. The largest absolute Gasteiger partial charge is 0.341 e. The highest BCUT2D eigenvalue weighted by Crippen LogP contribution is 2.31. The van der Waals surface area contributed by atoms with Crippen LogP contribution in [0.4, 0.5) is 10.1 Å². The lowest BCUT2D eigenvalue weighted by Gasteiger charge is -2.30. The molecule has 172 valence electrons. The van der Waals surface area contributed by atoms with Crippen molar-refractivity contribution in [3.63, 3.8) is 0 Å². The molecule has 1 aliphatic heterocycles. The summed E-state index contributed by atoms with van der Waals surface area (Å²) in [5, 5.41) is 0. The van der Waals surface area contributed by atoms with Gasteiger partial charge in [-0.25, -0.2) is 12.8 Å². The summed E-state index contributed by atoms with van der Waals surface area (Å²) in [6.45, 7) is 0.671. The molecule has 33 heavy (non-hydrogen) atoms. The number of carbonyl (C=O) groups is 1. The fourth-order valence-electron chi connectivity index (χ4n) is 4.12. The van der Waals surface area contributed by atoms with Crippen molar-refractivity contribution in [1.82, 2.24) is 4.90 Å². The summed E-state index contributed by atoms with van der Waals surface area (Å²) in [6, 6.07) is 20.7. The van der Waals surface area contributed by atoms with Gasteiger partial charge in [0.25, 0.3) is 10.0 Å². The molecular weight excluding hydrogens is 439 g/mol. The van der Waals surface area contributed by atoms with E-state index in [2.05, 4.69) is 0 Å². The molecule has 0 atom stereocenters. The third-order valence-electron chi connectivity index (χ3n) is 6.00. The van der Waals surface area contributed by atoms with E-state index in [1.807, 2.05) is 24.3 Å². The van der Waals surface area contributed by atoms with E-state index in [4.69, 9.17) is 0 Å². The average molecular weight is 467 g/mol.